The molecule has 0 aliphatic heterocycles. The third-order valence-corrected chi connectivity index (χ3v) is 4.08. The van der Waals surface area contributed by atoms with Crippen LogP contribution in [0.25, 0.3) is 10.9 Å². The minimum absolute atomic E-state index is 0.230. The molecule has 3 aromatic rings. The summed E-state index contributed by atoms with van der Waals surface area (Å²) in [7, 11) is 0. The molecule has 0 saturated heterocycles. The molecule has 0 unspecified atom stereocenters. The topological polar surface area (TPSA) is 80.4 Å². The molecule has 3 N–H and O–H groups in total. The van der Waals surface area contributed by atoms with Crippen molar-refractivity contribution in [3.63, 3.8) is 0 Å². The van der Waals surface area contributed by atoms with Crippen LogP contribution >= 0.6 is 11.8 Å². The fourth-order valence-corrected chi connectivity index (χ4v) is 2.66. The lowest BCUT2D eigenvalue weighted by molar-refractivity contribution is 1.38. The Morgan fingerprint density at radius 1 is 1.18 bits per heavy atom. The zero-order valence-corrected chi connectivity index (χ0v) is 12.7. The summed E-state index contributed by atoms with van der Waals surface area (Å²) in [6, 6.07) is 13.1. The normalized spacial score (nSPS) is 10.6. The second-order valence-corrected chi connectivity index (χ2v) is 5.61. The highest BCUT2D eigenvalue weighted by atomic mass is 32.2. The van der Waals surface area contributed by atoms with Crippen molar-refractivity contribution in [1.82, 2.24) is 4.98 Å². The van der Waals surface area contributed by atoms with Crippen molar-refractivity contribution in [3.8, 4) is 0 Å². The maximum Gasteiger partial charge on any atom is 0.132 e. The quantitative estimate of drug-likeness (QED) is 0.415. The molecule has 0 aliphatic rings. The number of hydrogen-bond donors (Lipinski definition) is 2. The number of benzene rings is 2. The summed E-state index contributed by atoms with van der Waals surface area (Å²) in [5, 5.41) is 7.25. The summed E-state index contributed by atoms with van der Waals surface area (Å²) in [5.74, 6) is 0. The van der Waals surface area contributed by atoms with Gasteiger partial charge in [-0.2, -0.15) is 0 Å². The average molecular weight is 310 g/mol. The van der Waals surface area contributed by atoms with Gasteiger partial charge in [0.1, 0.15) is 5.69 Å². The van der Waals surface area contributed by atoms with Gasteiger partial charge in [-0.25, -0.2) is 0 Å². The molecule has 0 fully saturated rings. The standard InChI is InChI=1S/C16H14N4OS/c1-22-11-3-5-14-12(9-11)15(6-7-18-14)19-10-2-4-13(17)16(8-10)20-21/h2-9H,17H2,1H3,(H,18,19). The van der Waals surface area contributed by atoms with Crippen molar-refractivity contribution < 1.29 is 0 Å². The fraction of sp³-hybridized carbons (Fsp3) is 0.0625. The predicted octanol–water partition coefficient (Wildman–Crippen LogP) is 4.68. The van der Waals surface area contributed by atoms with Crippen LogP contribution < -0.4 is 11.1 Å². The van der Waals surface area contributed by atoms with E-state index in [1.54, 1.807) is 30.1 Å². The molecule has 3 rings (SSSR count). The molecule has 110 valence electrons. The Morgan fingerprint density at radius 3 is 2.82 bits per heavy atom. The minimum atomic E-state index is 0.230. The largest absolute Gasteiger partial charge is 0.397 e. The summed E-state index contributed by atoms with van der Waals surface area (Å²) in [4.78, 5) is 16.3. The zero-order valence-electron chi connectivity index (χ0n) is 11.9. The Labute approximate surface area is 131 Å². The smallest absolute Gasteiger partial charge is 0.132 e. The summed E-state index contributed by atoms with van der Waals surface area (Å²) >= 11 is 1.68. The van der Waals surface area contributed by atoms with Gasteiger partial charge in [0.2, 0.25) is 0 Å². The predicted molar refractivity (Wildman–Crippen MR) is 93.1 cm³/mol. The molecular weight excluding hydrogens is 296 g/mol. The first-order valence-corrected chi connectivity index (χ1v) is 7.86. The number of aromatic nitrogens is 1. The Bertz CT molecular complexity index is 851. The third kappa shape index (κ3) is 2.73. The second kappa shape index (κ2) is 6.03. The average Bonchev–Trinajstić information content (AvgIpc) is 2.56. The second-order valence-electron chi connectivity index (χ2n) is 4.73. The number of nitrogens with zero attached hydrogens (tertiary/aromatic N) is 2. The maximum absolute atomic E-state index is 10.8. The summed E-state index contributed by atoms with van der Waals surface area (Å²) < 4.78 is 0. The molecule has 6 heteroatoms. The fourth-order valence-electron chi connectivity index (χ4n) is 2.22. The Kier molecular flexibility index (Phi) is 3.93. The van der Waals surface area contributed by atoms with Crippen molar-refractivity contribution in [2.24, 2.45) is 5.18 Å². The van der Waals surface area contributed by atoms with Gasteiger partial charge < -0.3 is 11.1 Å². The number of nitroso groups, excluding NO2 is 1. The molecular formula is C16H14N4OS. The highest BCUT2D eigenvalue weighted by molar-refractivity contribution is 7.98. The van der Waals surface area contributed by atoms with E-state index in [9.17, 15) is 4.91 Å². The van der Waals surface area contributed by atoms with Crippen molar-refractivity contribution in [3.05, 3.63) is 53.6 Å². The zero-order chi connectivity index (χ0) is 15.5. The van der Waals surface area contributed by atoms with Crippen LogP contribution in [-0.4, -0.2) is 11.2 Å². The van der Waals surface area contributed by atoms with Crippen LogP contribution in [0.3, 0.4) is 0 Å². The van der Waals surface area contributed by atoms with Gasteiger partial charge in [-0.1, -0.05) is 0 Å². The molecule has 1 heterocycles. The van der Waals surface area contributed by atoms with E-state index in [0.717, 1.165) is 27.2 Å². The van der Waals surface area contributed by atoms with E-state index in [4.69, 9.17) is 5.73 Å². The number of nitrogens with two attached hydrogens (primary N) is 1. The number of fused-ring (bicyclic) bond motifs is 1. The van der Waals surface area contributed by atoms with Crippen LogP contribution in [0.5, 0.6) is 0 Å². The van der Waals surface area contributed by atoms with Gasteiger partial charge in [-0.15, -0.1) is 16.7 Å². The molecule has 0 spiro atoms. The number of anilines is 3. The molecule has 0 radical (unpaired) electrons. The molecule has 0 aliphatic carbocycles. The third-order valence-electron chi connectivity index (χ3n) is 3.36. The van der Waals surface area contributed by atoms with Crippen LogP contribution in [0.4, 0.5) is 22.7 Å². The Hall–Kier alpha value is -2.60. The lowest BCUT2D eigenvalue weighted by atomic mass is 10.1. The molecule has 0 saturated carbocycles. The van der Waals surface area contributed by atoms with E-state index in [0.29, 0.717) is 5.69 Å². The molecule has 5 nitrogen and oxygen atoms in total. The number of nitrogen functional groups attached to an aromatic ring is 1. The summed E-state index contributed by atoms with van der Waals surface area (Å²) in [5.41, 5.74) is 8.87. The molecule has 0 bridgehead atoms. The van der Waals surface area contributed by atoms with Gasteiger partial charge in [0, 0.05) is 27.9 Å². The minimum Gasteiger partial charge on any atom is -0.397 e. The first-order valence-electron chi connectivity index (χ1n) is 6.64. The monoisotopic (exact) mass is 310 g/mol. The van der Waals surface area contributed by atoms with Gasteiger partial charge in [-0.3, -0.25) is 4.98 Å². The van der Waals surface area contributed by atoms with Crippen LogP contribution in [0.15, 0.2) is 58.7 Å². The number of pyridine rings is 1. The molecule has 1 aromatic heterocycles. The number of nitrogens with one attached hydrogen (secondary N) is 1. The van der Waals surface area contributed by atoms with Gasteiger partial charge in [0.25, 0.3) is 0 Å². The highest BCUT2D eigenvalue weighted by Crippen LogP contribution is 2.31. The van der Waals surface area contributed by atoms with Crippen molar-refractivity contribution in [2.45, 2.75) is 4.90 Å². The Balaban J connectivity index is 2.05. The number of rotatable bonds is 4. The van der Waals surface area contributed by atoms with E-state index in [1.165, 1.54) is 0 Å². The number of thioether (sulfide) groups is 1. The molecule has 0 atom stereocenters. The van der Waals surface area contributed by atoms with Gasteiger partial charge in [0.15, 0.2) is 0 Å². The summed E-state index contributed by atoms with van der Waals surface area (Å²) in [6.07, 6.45) is 3.78. The summed E-state index contributed by atoms with van der Waals surface area (Å²) in [6.45, 7) is 0. The first-order chi connectivity index (χ1) is 10.7. The molecule has 2 aromatic carbocycles. The van der Waals surface area contributed by atoms with Crippen LogP contribution in [0, 0.1) is 4.91 Å². The van der Waals surface area contributed by atoms with Crippen molar-refractivity contribution >= 4 is 45.4 Å². The van der Waals surface area contributed by atoms with Gasteiger partial charge in [0.05, 0.1) is 11.2 Å². The number of hydrogen-bond acceptors (Lipinski definition) is 6. The Morgan fingerprint density at radius 2 is 2.05 bits per heavy atom. The highest BCUT2D eigenvalue weighted by Gasteiger charge is 2.06. The SMILES string of the molecule is CSc1ccc2nccc(Nc3ccc(N)c(N=O)c3)c2c1. The van der Waals surface area contributed by atoms with E-state index in [2.05, 4.69) is 21.5 Å². The molecule has 22 heavy (non-hydrogen) atoms. The van der Waals surface area contributed by atoms with Crippen LogP contribution in [0.2, 0.25) is 0 Å². The van der Waals surface area contributed by atoms with Crippen molar-refractivity contribution in [1.29, 1.82) is 0 Å². The van der Waals surface area contributed by atoms with Gasteiger partial charge >= 0.3 is 0 Å². The van der Waals surface area contributed by atoms with E-state index >= 15 is 0 Å². The lowest BCUT2D eigenvalue weighted by Crippen LogP contribution is -1.94. The van der Waals surface area contributed by atoms with Crippen LogP contribution in [0.1, 0.15) is 0 Å². The van der Waals surface area contributed by atoms with Gasteiger partial charge in [-0.05, 0) is 53.9 Å². The van der Waals surface area contributed by atoms with E-state index < -0.39 is 0 Å². The maximum atomic E-state index is 10.8. The van der Waals surface area contributed by atoms with Crippen LogP contribution in [-0.2, 0) is 0 Å². The van der Waals surface area contributed by atoms with E-state index in [-0.39, 0.29) is 5.69 Å². The first kappa shape index (κ1) is 14.3. The lowest BCUT2D eigenvalue weighted by Gasteiger charge is -2.11. The van der Waals surface area contributed by atoms with Crippen molar-refractivity contribution in [2.75, 3.05) is 17.3 Å². The molecule has 0 amide bonds. The van der Waals surface area contributed by atoms with E-state index in [1.807, 2.05) is 30.5 Å².